The van der Waals surface area contributed by atoms with Gasteiger partial charge in [-0.25, -0.2) is 0 Å². The van der Waals surface area contributed by atoms with Gasteiger partial charge in [0.2, 0.25) is 11.8 Å². The molecule has 2 N–H and O–H groups in total. The zero-order valence-corrected chi connectivity index (χ0v) is 13.6. The quantitative estimate of drug-likeness (QED) is 0.821. The number of amides is 2. The van der Waals surface area contributed by atoms with Crippen molar-refractivity contribution in [3.8, 4) is 0 Å². The molecule has 1 aliphatic rings. The lowest BCUT2D eigenvalue weighted by Crippen LogP contribution is -2.45. The van der Waals surface area contributed by atoms with E-state index in [4.69, 9.17) is 4.42 Å². The second kappa shape index (κ2) is 6.38. The highest BCUT2D eigenvalue weighted by Crippen LogP contribution is 2.47. The fourth-order valence-corrected chi connectivity index (χ4v) is 2.22. The van der Waals surface area contributed by atoms with E-state index in [1.54, 1.807) is 6.08 Å². The Morgan fingerprint density at radius 1 is 1.36 bits per heavy atom. The molecule has 0 unspecified atom stereocenters. The van der Waals surface area contributed by atoms with Crippen LogP contribution in [0, 0.1) is 5.92 Å². The fraction of sp³-hybridized carbons (Fsp3) is 0.529. The summed E-state index contributed by atoms with van der Waals surface area (Å²) in [6, 6.07) is 3.82. The molecule has 0 spiro atoms. The van der Waals surface area contributed by atoms with Gasteiger partial charge in [0.1, 0.15) is 11.5 Å². The minimum Gasteiger partial charge on any atom is -0.461 e. The molecule has 1 fully saturated rings. The van der Waals surface area contributed by atoms with E-state index < -0.39 is 0 Å². The Balaban J connectivity index is 1.77. The summed E-state index contributed by atoms with van der Waals surface area (Å²) in [7, 11) is 0. The molecule has 1 aromatic heterocycles. The van der Waals surface area contributed by atoms with Crippen LogP contribution in [-0.4, -0.2) is 23.9 Å². The van der Waals surface area contributed by atoms with Gasteiger partial charge in [-0.3, -0.25) is 9.59 Å². The number of nitrogens with one attached hydrogen (secondary N) is 2. The third kappa shape index (κ3) is 5.06. The van der Waals surface area contributed by atoms with Gasteiger partial charge < -0.3 is 15.1 Å². The maximum absolute atomic E-state index is 11.7. The summed E-state index contributed by atoms with van der Waals surface area (Å²) in [5.74, 6) is 2.32. The van der Waals surface area contributed by atoms with Crippen molar-refractivity contribution < 1.29 is 14.0 Å². The molecule has 0 aromatic carbocycles. The molecule has 120 valence electrons. The van der Waals surface area contributed by atoms with Crippen LogP contribution in [0.3, 0.4) is 0 Å². The molecule has 2 amide bonds. The van der Waals surface area contributed by atoms with Crippen LogP contribution < -0.4 is 10.6 Å². The molecule has 5 heteroatoms. The molecule has 0 aliphatic heterocycles. The average molecular weight is 304 g/mol. The maximum atomic E-state index is 11.7. The van der Waals surface area contributed by atoms with Crippen molar-refractivity contribution >= 4 is 17.9 Å². The third-order valence-corrected chi connectivity index (χ3v) is 3.46. The molecule has 1 aromatic rings. The fourth-order valence-electron chi connectivity index (χ4n) is 2.22. The average Bonchev–Trinajstić information content (AvgIpc) is 2.95. The SMILES string of the molecule is C[C@@H]1C[C@@H]1c1ccc(/C=C/C(=O)NCC(=O)NC(C)(C)C)o1. The normalized spacial score (nSPS) is 20.9. The highest BCUT2D eigenvalue weighted by molar-refractivity contribution is 5.94. The van der Waals surface area contributed by atoms with E-state index in [1.807, 2.05) is 32.9 Å². The van der Waals surface area contributed by atoms with Crippen LogP contribution >= 0.6 is 0 Å². The van der Waals surface area contributed by atoms with Crippen LogP contribution in [0.25, 0.3) is 6.08 Å². The summed E-state index contributed by atoms with van der Waals surface area (Å²) in [6.07, 6.45) is 4.16. The van der Waals surface area contributed by atoms with Crippen molar-refractivity contribution in [2.45, 2.75) is 45.6 Å². The molecule has 0 bridgehead atoms. The molecule has 2 rings (SSSR count). The Labute approximate surface area is 131 Å². The Morgan fingerprint density at radius 3 is 2.64 bits per heavy atom. The first kappa shape index (κ1) is 16.3. The lowest BCUT2D eigenvalue weighted by atomic mass is 10.1. The molecule has 1 saturated carbocycles. The number of hydrogen-bond donors (Lipinski definition) is 2. The monoisotopic (exact) mass is 304 g/mol. The van der Waals surface area contributed by atoms with Crippen molar-refractivity contribution in [2.24, 2.45) is 5.92 Å². The van der Waals surface area contributed by atoms with E-state index in [9.17, 15) is 9.59 Å². The van der Waals surface area contributed by atoms with Crippen LogP contribution in [-0.2, 0) is 9.59 Å². The molecular weight excluding hydrogens is 280 g/mol. The van der Waals surface area contributed by atoms with Crippen LogP contribution in [0.2, 0.25) is 0 Å². The lowest BCUT2D eigenvalue weighted by Gasteiger charge is -2.20. The molecule has 2 atom stereocenters. The second-order valence-corrected chi connectivity index (χ2v) is 6.91. The Morgan fingerprint density at radius 2 is 2.05 bits per heavy atom. The van der Waals surface area contributed by atoms with E-state index in [1.165, 1.54) is 12.5 Å². The zero-order valence-electron chi connectivity index (χ0n) is 13.6. The summed E-state index contributed by atoms with van der Waals surface area (Å²) < 4.78 is 5.67. The van der Waals surface area contributed by atoms with Crippen LogP contribution in [0.4, 0.5) is 0 Å². The Hall–Kier alpha value is -2.04. The number of furan rings is 1. The predicted octanol–water partition coefficient (Wildman–Crippen LogP) is 2.45. The van der Waals surface area contributed by atoms with Gasteiger partial charge in [-0.15, -0.1) is 0 Å². The van der Waals surface area contributed by atoms with Crippen molar-refractivity contribution in [1.29, 1.82) is 0 Å². The molecule has 0 saturated heterocycles. The largest absolute Gasteiger partial charge is 0.461 e. The highest BCUT2D eigenvalue weighted by Gasteiger charge is 2.36. The van der Waals surface area contributed by atoms with Crippen LogP contribution in [0.5, 0.6) is 0 Å². The topological polar surface area (TPSA) is 71.3 Å². The summed E-state index contributed by atoms with van der Waals surface area (Å²) in [5, 5.41) is 5.32. The molecule has 0 radical (unpaired) electrons. The van der Waals surface area contributed by atoms with Gasteiger partial charge >= 0.3 is 0 Å². The first-order valence-electron chi connectivity index (χ1n) is 7.61. The van der Waals surface area contributed by atoms with Gasteiger partial charge in [0.05, 0.1) is 6.54 Å². The van der Waals surface area contributed by atoms with Crippen molar-refractivity contribution in [1.82, 2.24) is 10.6 Å². The van der Waals surface area contributed by atoms with Crippen molar-refractivity contribution in [2.75, 3.05) is 6.54 Å². The number of hydrogen-bond acceptors (Lipinski definition) is 3. The van der Waals surface area contributed by atoms with Gasteiger partial charge in [-0.05, 0) is 51.3 Å². The van der Waals surface area contributed by atoms with Crippen molar-refractivity contribution in [3.63, 3.8) is 0 Å². The molecule has 5 nitrogen and oxygen atoms in total. The first-order valence-corrected chi connectivity index (χ1v) is 7.61. The Bertz CT molecular complexity index is 581. The van der Waals surface area contributed by atoms with E-state index in [2.05, 4.69) is 17.6 Å². The second-order valence-electron chi connectivity index (χ2n) is 6.91. The first-order chi connectivity index (χ1) is 10.2. The minimum atomic E-state index is -0.318. The molecule has 1 heterocycles. The molecule has 22 heavy (non-hydrogen) atoms. The predicted molar refractivity (Wildman–Crippen MR) is 85.2 cm³/mol. The smallest absolute Gasteiger partial charge is 0.244 e. The van der Waals surface area contributed by atoms with E-state index in [-0.39, 0.29) is 23.9 Å². The molecule has 1 aliphatic carbocycles. The van der Waals surface area contributed by atoms with Crippen LogP contribution in [0.15, 0.2) is 22.6 Å². The van der Waals surface area contributed by atoms with Gasteiger partial charge in [-0.2, -0.15) is 0 Å². The maximum Gasteiger partial charge on any atom is 0.244 e. The number of rotatable bonds is 5. The highest BCUT2D eigenvalue weighted by atomic mass is 16.3. The summed E-state index contributed by atoms with van der Waals surface area (Å²) in [4.78, 5) is 23.3. The zero-order chi connectivity index (χ0) is 16.3. The van der Waals surface area contributed by atoms with Gasteiger partial charge in [-0.1, -0.05) is 6.92 Å². The van der Waals surface area contributed by atoms with Gasteiger partial charge in [0, 0.05) is 17.5 Å². The van der Waals surface area contributed by atoms with Gasteiger partial charge in [0.25, 0.3) is 0 Å². The van der Waals surface area contributed by atoms with E-state index in [0.717, 1.165) is 5.76 Å². The standard InChI is InChI=1S/C17H24N2O3/c1-11-9-13(11)14-7-5-12(22-14)6-8-15(20)18-10-16(21)19-17(2,3)4/h5-8,11,13H,9-10H2,1-4H3,(H,18,20)(H,19,21)/b8-6+/t11-,13+/m1/s1. The van der Waals surface area contributed by atoms with Crippen molar-refractivity contribution in [3.05, 3.63) is 29.7 Å². The number of carbonyl (C=O) groups excluding carboxylic acids is 2. The number of carbonyl (C=O) groups is 2. The summed E-state index contributed by atoms with van der Waals surface area (Å²) in [6.45, 7) is 7.83. The van der Waals surface area contributed by atoms with Gasteiger partial charge in [0.15, 0.2) is 0 Å². The molecular formula is C17H24N2O3. The minimum absolute atomic E-state index is 0.0383. The summed E-state index contributed by atoms with van der Waals surface area (Å²) in [5.41, 5.74) is -0.303. The summed E-state index contributed by atoms with van der Waals surface area (Å²) >= 11 is 0. The lowest BCUT2D eigenvalue weighted by molar-refractivity contribution is -0.124. The van der Waals surface area contributed by atoms with Crippen LogP contribution in [0.1, 0.15) is 51.6 Å². The Kier molecular flexibility index (Phi) is 4.74. The third-order valence-electron chi connectivity index (χ3n) is 3.46. The van der Waals surface area contributed by atoms with E-state index >= 15 is 0 Å². The van der Waals surface area contributed by atoms with E-state index in [0.29, 0.717) is 17.6 Å².